The molecule has 2 aromatic carbocycles. The van der Waals surface area contributed by atoms with Crippen LogP contribution in [0.4, 0.5) is 13.2 Å². The zero-order valence-electron chi connectivity index (χ0n) is 15.6. The summed E-state index contributed by atoms with van der Waals surface area (Å²) in [6.07, 6.45) is 1.17. The van der Waals surface area contributed by atoms with E-state index in [0.717, 1.165) is 23.1 Å². The molecular weight excluding hydrogens is 383 g/mol. The molecule has 1 unspecified atom stereocenters. The summed E-state index contributed by atoms with van der Waals surface area (Å²) >= 11 is 0. The van der Waals surface area contributed by atoms with E-state index < -0.39 is 40.9 Å². The van der Waals surface area contributed by atoms with Gasteiger partial charge in [0.15, 0.2) is 11.6 Å². The van der Waals surface area contributed by atoms with Crippen LogP contribution in [-0.2, 0) is 16.0 Å². The van der Waals surface area contributed by atoms with Crippen LogP contribution in [0.1, 0.15) is 16.7 Å². The summed E-state index contributed by atoms with van der Waals surface area (Å²) < 4.78 is 40.9. The van der Waals surface area contributed by atoms with Gasteiger partial charge in [0.25, 0.3) is 5.91 Å². The molecule has 0 aliphatic carbocycles. The second-order valence-corrected chi connectivity index (χ2v) is 6.62. The van der Waals surface area contributed by atoms with Gasteiger partial charge in [-0.05, 0) is 35.9 Å². The third kappa shape index (κ3) is 3.72. The van der Waals surface area contributed by atoms with Crippen molar-refractivity contribution >= 4 is 17.9 Å². The van der Waals surface area contributed by atoms with E-state index in [4.69, 9.17) is 5.26 Å². The molecule has 1 atom stereocenters. The number of hydrogen-bond donors (Lipinski definition) is 0. The highest BCUT2D eigenvalue weighted by Gasteiger charge is 2.39. The lowest BCUT2D eigenvalue weighted by Crippen LogP contribution is -2.56. The van der Waals surface area contributed by atoms with Crippen molar-refractivity contribution < 1.29 is 22.8 Å². The molecule has 0 spiro atoms. The van der Waals surface area contributed by atoms with Crippen LogP contribution in [0.15, 0.2) is 42.1 Å². The third-order valence-electron chi connectivity index (χ3n) is 4.86. The Morgan fingerprint density at radius 1 is 1.07 bits per heavy atom. The van der Waals surface area contributed by atoms with Gasteiger partial charge in [-0.25, -0.2) is 13.2 Å². The smallest absolute Gasteiger partial charge is 0.271 e. The number of hydrogen-bond acceptors (Lipinski definition) is 3. The van der Waals surface area contributed by atoms with E-state index in [1.807, 2.05) is 0 Å². The molecule has 148 valence electrons. The Hall–Kier alpha value is -3.60. The number of carbonyl (C=O) groups excluding carboxylic acids is 2. The average Bonchev–Trinajstić information content (AvgIpc) is 2.71. The van der Waals surface area contributed by atoms with E-state index in [1.54, 1.807) is 6.07 Å². The predicted octanol–water partition coefficient (Wildman–Crippen LogP) is 2.86. The van der Waals surface area contributed by atoms with Crippen LogP contribution in [-0.4, -0.2) is 41.8 Å². The van der Waals surface area contributed by atoms with Crippen LogP contribution in [0, 0.1) is 28.8 Å². The summed E-state index contributed by atoms with van der Waals surface area (Å²) in [5, 5.41) is 9.15. The Morgan fingerprint density at radius 2 is 1.72 bits per heavy atom. The van der Waals surface area contributed by atoms with Crippen molar-refractivity contribution in [2.24, 2.45) is 0 Å². The Balaban J connectivity index is 1.98. The highest BCUT2D eigenvalue weighted by atomic mass is 19.2. The lowest BCUT2D eigenvalue weighted by molar-refractivity contribution is -0.148. The number of carbonyl (C=O) groups is 2. The van der Waals surface area contributed by atoms with Crippen molar-refractivity contribution in [3.8, 4) is 6.07 Å². The summed E-state index contributed by atoms with van der Waals surface area (Å²) in [6.45, 7) is 0. The first-order valence-corrected chi connectivity index (χ1v) is 8.63. The molecule has 8 heteroatoms. The molecule has 0 saturated carbocycles. The highest BCUT2D eigenvalue weighted by molar-refractivity contribution is 6.07. The number of halogens is 3. The number of benzene rings is 2. The molecule has 5 nitrogen and oxygen atoms in total. The van der Waals surface area contributed by atoms with E-state index in [2.05, 4.69) is 0 Å². The van der Waals surface area contributed by atoms with E-state index >= 15 is 0 Å². The lowest BCUT2D eigenvalue weighted by Gasteiger charge is -2.38. The second kappa shape index (κ2) is 7.80. The van der Waals surface area contributed by atoms with Gasteiger partial charge in [0, 0.05) is 26.1 Å². The van der Waals surface area contributed by atoms with Crippen LogP contribution in [0.3, 0.4) is 0 Å². The fourth-order valence-corrected chi connectivity index (χ4v) is 3.14. The number of likely N-dealkylation sites (N-methyl/N-ethyl adjacent to an activating group) is 2. The minimum atomic E-state index is -1.28. The van der Waals surface area contributed by atoms with Gasteiger partial charge in [0.2, 0.25) is 5.91 Å². The van der Waals surface area contributed by atoms with Crippen molar-refractivity contribution in [1.29, 1.82) is 5.26 Å². The third-order valence-corrected chi connectivity index (χ3v) is 4.86. The first-order valence-electron chi connectivity index (χ1n) is 8.63. The topological polar surface area (TPSA) is 64.4 Å². The van der Waals surface area contributed by atoms with Crippen LogP contribution >= 0.6 is 0 Å². The summed E-state index contributed by atoms with van der Waals surface area (Å²) in [5.74, 6) is -3.90. The molecule has 1 aliphatic rings. The summed E-state index contributed by atoms with van der Waals surface area (Å²) in [7, 11) is 2.77. The molecule has 0 aromatic heterocycles. The monoisotopic (exact) mass is 399 g/mol. The zero-order chi connectivity index (χ0) is 21.3. The fraction of sp³-hybridized carbons (Fsp3) is 0.190. The molecule has 0 radical (unpaired) electrons. The molecule has 0 bridgehead atoms. The Labute approximate surface area is 165 Å². The lowest BCUT2D eigenvalue weighted by atomic mass is 9.99. The van der Waals surface area contributed by atoms with E-state index in [9.17, 15) is 22.8 Å². The van der Waals surface area contributed by atoms with Crippen molar-refractivity contribution in [1.82, 2.24) is 9.80 Å². The molecule has 2 amide bonds. The minimum Gasteiger partial charge on any atom is -0.328 e. The first kappa shape index (κ1) is 20.1. The summed E-state index contributed by atoms with van der Waals surface area (Å²) in [6, 6.07) is 8.37. The fourth-order valence-electron chi connectivity index (χ4n) is 3.14. The molecule has 1 heterocycles. The molecule has 1 fully saturated rings. The predicted molar refractivity (Wildman–Crippen MR) is 98.5 cm³/mol. The van der Waals surface area contributed by atoms with Crippen molar-refractivity contribution in [3.63, 3.8) is 0 Å². The van der Waals surface area contributed by atoms with Crippen molar-refractivity contribution in [3.05, 3.63) is 76.2 Å². The molecule has 0 N–H and O–H groups in total. The molecule has 3 rings (SSSR count). The second-order valence-electron chi connectivity index (χ2n) is 6.62. The maximum atomic E-state index is 14.2. The van der Waals surface area contributed by atoms with Crippen LogP contribution in [0.2, 0.25) is 0 Å². The maximum Gasteiger partial charge on any atom is 0.271 e. The summed E-state index contributed by atoms with van der Waals surface area (Å²) in [4.78, 5) is 27.9. The molecule has 2 aromatic rings. The quantitative estimate of drug-likeness (QED) is 0.746. The maximum absolute atomic E-state index is 14.2. The van der Waals surface area contributed by atoms with Gasteiger partial charge in [-0.3, -0.25) is 9.59 Å². The van der Waals surface area contributed by atoms with E-state index in [0.29, 0.717) is 5.56 Å². The molecule has 1 saturated heterocycles. The van der Waals surface area contributed by atoms with Gasteiger partial charge in [0.05, 0.1) is 11.6 Å². The Morgan fingerprint density at radius 3 is 2.34 bits per heavy atom. The number of nitriles is 1. The van der Waals surface area contributed by atoms with E-state index in [-0.39, 0.29) is 17.7 Å². The van der Waals surface area contributed by atoms with Gasteiger partial charge in [0.1, 0.15) is 17.6 Å². The van der Waals surface area contributed by atoms with Crippen molar-refractivity contribution in [2.45, 2.75) is 12.5 Å². The highest BCUT2D eigenvalue weighted by Crippen LogP contribution is 2.26. The SMILES string of the molecule is CN1C(=O)C(Cc2ccc(F)cc2)N(C)C(=O)C1=Cc1c(C#N)ccc(F)c1F. The molecule has 1 aliphatic heterocycles. The van der Waals surface area contributed by atoms with Gasteiger partial charge in [-0.15, -0.1) is 0 Å². The van der Waals surface area contributed by atoms with Gasteiger partial charge >= 0.3 is 0 Å². The number of amides is 2. The van der Waals surface area contributed by atoms with Gasteiger partial charge < -0.3 is 9.80 Å². The van der Waals surface area contributed by atoms with Crippen molar-refractivity contribution in [2.75, 3.05) is 14.1 Å². The number of rotatable bonds is 3. The normalized spacial score (nSPS) is 18.3. The Kier molecular flexibility index (Phi) is 5.41. The van der Waals surface area contributed by atoms with E-state index in [1.165, 1.54) is 43.3 Å². The van der Waals surface area contributed by atoms with Crippen LogP contribution in [0.5, 0.6) is 0 Å². The minimum absolute atomic E-state index is 0.163. The van der Waals surface area contributed by atoms with Gasteiger partial charge in [-0.2, -0.15) is 5.26 Å². The Bertz CT molecular complexity index is 1060. The van der Waals surface area contributed by atoms with Crippen LogP contribution < -0.4 is 0 Å². The number of nitrogens with zero attached hydrogens (tertiary/aromatic N) is 3. The average molecular weight is 399 g/mol. The standard InChI is InChI=1S/C21H16F3N3O2/c1-26-17(9-12-3-6-14(22)7-4-12)20(28)27(2)18(21(26)29)10-15-13(11-25)5-8-16(23)19(15)24/h3-8,10,17H,9H2,1-2H3. The molecular formula is C21H16F3N3O2. The largest absolute Gasteiger partial charge is 0.328 e. The van der Waals surface area contributed by atoms with Gasteiger partial charge in [-0.1, -0.05) is 12.1 Å². The first-order chi connectivity index (χ1) is 13.7. The van der Waals surface area contributed by atoms with Crippen LogP contribution in [0.25, 0.3) is 6.08 Å². The summed E-state index contributed by atoms with van der Waals surface area (Å²) in [5.41, 5.74) is -0.0935. The zero-order valence-corrected chi connectivity index (χ0v) is 15.6. The number of piperazine rings is 1. The molecule has 29 heavy (non-hydrogen) atoms.